The topological polar surface area (TPSA) is 175 Å². The van der Waals surface area contributed by atoms with Crippen molar-refractivity contribution in [2.75, 3.05) is 20.3 Å². The van der Waals surface area contributed by atoms with Crippen LogP contribution in [-0.4, -0.2) is 40.7 Å². The maximum Gasteiger partial charge on any atom is 0.338 e. The van der Waals surface area contributed by atoms with Crippen molar-refractivity contribution < 1.29 is 33.6 Å². The van der Waals surface area contributed by atoms with E-state index in [9.17, 15) is 29.8 Å². The van der Waals surface area contributed by atoms with Crippen LogP contribution in [0.5, 0.6) is 23.0 Å². The summed E-state index contributed by atoms with van der Waals surface area (Å²) in [5, 5.41) is 22.5. The van der Waals surface area contributed by atoms with Gasteiger partial charge < -0.3 is 18.9 Å². The minimum absolute atomic E-state index is 0.136. The number of nitrogens with zero attached hydrogens (tertiary/aromatic N) is 4. The van der Waals surface area contributed by atoms with Crippen LogP contribution < -0.4 is 29.1 Å². The number of methoxy groups -OCH3 is 1. The van der Waals surface area contributed by atoms with E-state index >= 15 is 0 Å². The maximum atomic E-state index is 14.0. The summed E-state index contributed by atoms with van der Waals surface area (Å²) < 4.78 is 24.0. The molecule has 0 amide bonds. The number of rotatable bonds is 11. The molecule has 5 rings (SSSR count). The number of ether oxygens (including phenoxy) is 4. The molecule has 4 aromatic rings. The number of esters is 1. The standard InChI is InChI=1S/C32H28N4O10S/c1-5-44-26-16-20(9-13-25(26)43-4)29-28(31(38)45-6-2)18(3)33-32-34(29)30(37)27(47-32)15-19-7-11-22(12-8-19)46-24-14-10-21(35(39)40)17-23(24)36(41)42/h7-17,29H,5-6H2,1-4H3/b27-15-/t29-/m0/s1. The molecule has 1 aliphatic rings. The zero-order chi connectivity index (χ0) is 33.8. The lowest BCUT2D eigenvalue weighted by Gasteiger charge is -2.25. The normalized spacial score (nSPS) is 14.2. The summed E-state index contributed by atoms with van der Waals surface area (Å²) >= 11 is 1.15. The van der Waals surface area contributed by atoms with Crippen LogP contribution in [0.4, 0.5) is 11.4 Å². The van der Waals surface area contributed by atoms with Crippen LogP contribution in [0, 0.1) is 20.2 Å². The number of thiazole rings is 1. The van der Waals surface area contributed by atoms with Gasteiger partial charge in [0.1, 0.15) is 5.75 Å². The number of carbonyl (C=O) groups is 1. The number of hydrogen-bond donors (Lipinski definition) is 0. The third kappa shape index (κ3) is 6.60. The van der Waals surface area contributed by atoms with Gasteiger partial charge in [-0.25, -0.2) is 9.79 Å². The Labute approximate surface area is 270 Å². The Morgan fingerprint density at radius 3 is 2.34 bits per heavy atom. The highest BCUT2D eigenvalue weighted by Crippen LogP contribution is 2.37. The number of benzene rings is 3. The van der Waals surface area contributed by atoms with Crippen LogP contribution in [0.25, 0.3) is 6.08 Å². The lowest BCUT2D eigenvalue weighted by Crippen LogP contribution is -2.40. The van der Waals surface area contributed by atoms with Gasteiger partial charge in [-0.05, 0) is 68.3 Å². The van der Waals surface area contributed by atoms with Gasteiger partial charge >= 0.3 is 11.7 Å². The number of nitro groups is 2. The average Bonchev–Trinajstić information content (AvgIpc) is 3.35. The summed E-state index contributed by atoms with van der Waals surface area (Å²) in [5.74, 6) is 0.428. The first-order valence-electron chi connectivity index (χ1n) is 14.3. The molecule has 3 aromatic carbocycles. The minimum Gasteiger partial charge on any atom is -0.493 e. The van der Waals surface area contributed by atoms with Crippen molar-refractivity contribution in [1.82, 2.24) is 4.57 Å². The summed E-state index contributed by atoms with van der Waals surface area (Å²) in [6.07, 6.45) is 1.65. The van der Waals surface area contributed by atoms with Crippen LogP contribution in [0.2, 0.25) is 0 Å². The van der Waals surface area contributed by atoms with Gasteiger partial charge in [-0.3, -0.25) is 29.6 Å². The number of allylic oxidation sites excluding steroid dienone is 1. The van der Waals surface area contributed by atoms with E-state index < -0.39 is 33.2 Å². The van der Waals surface area contributed by atoms with Crippen LogP contribution in [0.15, 0.2) is 81.7 Å². The predicted molar refractivity (Wildman–Crippen MR) is 171 cm³/mol. The summed E-state index contributed by atoms with van der Waals surface area (Å²) in [7, 11) is 1.52. The molecule has 0 N–H and O–H groups in total. The fraction of sp³-hybridized carbons (Fsp3) is 0.219. The first-order chi connectivity index (χ1) is 22.6. The number of carbonyl (C=O) groups excluding carboxylic acids is 1. The fourth-order valence-corrected chi connectivity index (χ4v) is 6.04. The van der Waals surface area contributed by atoms with Crippen LogP contribution in [-0.2, 0) is 9.53 Å². The molecule has 0 aliphatic carbocycles. The van der Waals surface area contributed by atoms with Crippen LogP contribution >= 0.6 is 11.3 Å². The van der Waals surface area contributed by atoms with Gasteiger partial charge in [-0.2, -0.15) is 0 Å². The SMILES string of the molecule is CCOC(=O)C1=C(C)N=c2s/c(=C\c3ccc(Oc4ccc([N+](=O)[O-])cc4[N+](=O)[O-])cc3)c(=O)n2[C@H]1c1ccc(OC)c(OCC)c1. The van der Waals surface area contributed by atoms with Crippen LogP contribution in [0.1, 0.15) is 37.9 Å². The summed E-state index contributed by atoms with van der Waals surface area (Å²) in [6.45, 7) is 5.73. The van der Waals surface area contributed by atoms with Gasteiger partial charge in [0.25, 0.3) is 11.2 Å². The van der Waals surface area contributed by atoms with Crippen LogP contribution in [0.3, 0.4) is 0 Å². The molecule has 0 spiro atoms. The van der Waals surface area contributed by atoms with E-state index in [-0.39, 0.29) is 29.2 Å². The molecule has 1 aliphatic heterocycles. The maximum absolute atomic E-state index is 14.0. The Hall–Kier alpha value is -5.83. The Balaban J connectivity index is 1.54. The van der Waals surface area contributed by atoms with E-state index in [0.29, 0.717) is 44.3 Å². The lowest BCUT2D eigenvalue weighted by atomic mass is 9.95. The molecule has 2 heterocycles. The van der Waals surface area contributed by atoms with Gasteiger partial charge in [0.05, 0.1) is 58.1 Å². The quantitative estimate of drug-likeness (QED) is 0.123. The second-order valence-electron chi connectivity index (χ2n) is 9.98. The van der Waals surface area contributed by atoms with Crippen molar-refractivity contribution >= 4 is 34.8 Å². The molecule has 0 saturated heterocycles. The van der Waals surface area contributed by atoms with E-state index in [1.165, 1.54) is 11.7 Å². The predicted octanol–water partition coefficient (Wildman–Crippen LogP) is 4.81. The van der Waals surface area contributed by atoms with E-state index in [1.807, 2.05) is 6.92 Å². The second-order valence-corrected chi connectivity index (χ2v) is 11.0. The van der Waals surface area contributed by atoms with E-state index in [1.54, 1.807) is 62.4 Å². The zero-order valence-electron chi connectivity index (χ0n) is 25.6. The molecule has 0 radical (unpaired) electrons. The van der Waals surface area contributed by atoms with Crippen molar-refractivity contribution in [3.8, 4) is 23.0 Å². The average molecular weight is 661 g/mol. The van der Waals surface area contributed by atoms with Crippen molar-refractivity contribution in [3.63, 3.8) is 0 Å². The molecule has 47 heavy (non-hydrogen) atoms. The summed E-state index contributed by atoms with van der Waals surface area (Å²) in [4.78, 5) is 53.2. The third-order valence-electron chi connectivity index (χ3n) is 7.08. The molecule has 0 unspecified atom stereocenters. The Morgan fingerprint density at radius 2 is 1.70 bits per heavy atom. The molecule has 0 saturated carbocycles. The highest BCUT2D eigenvalue weighted by Gasteiger charge is 2.34. The van der Waals surface area contributed by atoms with Gasteiger partial charge in [-0.15, -0.1) is 0 Å². The van der Waals surface area contributed by atoms with Crippen molar-refractivity contribution in [1.29, 1.82) is 0 Å². The Morgan fingerprint density at radius 1 is 0.979 bits per heavy atom. The lowest BCUT2D eigenvalue weighted by molar-refractivity contribution is -0.394. The number of hydrogen-bond acceptors (Lipinski definition) is 12. The zero-order valence-corrected chi connectivity index (χ0v) is 26.4. The van der Waals surface area contributed by atoms with E-state index in [2.05, 4.69) is 4.99 Å². The third-order valence-corrected chi connectivity index (χ3v) is 8.06. The molecule has 1 aromatic heterocycles. The molecule has 15 heteroatoms. The largest absolute Gasteiger partial charge is 0.493 e. The number of fused-ring (bicyclic) bond motifs is 1. The molecular weight excluding hydrogens is 632 g/mol. The summed E-state index contributed by atoms with van der Waals surface area (Å²) in [5.41, 5.74) is 0.472. The molecular formula is C32H28N4O10S. The smallest absolute Gasteiger partial charge is 0.338 e. The first-order valence-corrected chi connectivity index (χ1v) is 15.1. The summed E-state index contributed by atoms with van der Waals surface area (Å²) in [6, 6.07) is 13.8. The van der Waals surface area contributed by atoms with Crippen molar-refractivity contribution in [3.05, 3.63) is 123 Å². The van der Waals surface area contributed by atoms with Crippen molar-refractivity contribution in [2.45, 2.75) is 26.8 Å². The van der Waals surface area contributed by atoms with Gasteiger partial charge in [-0.1, -0.05) is 29.5 Å². The second kappa shape index (κ2) is 13.7. The number of non-ortho nitro benzene ring substituents is 1. The molecule has 0 fully saturated rings. The molecule has 242 valence electrons. The highest BCUT2D eigenvalue weighted by molar-refractivity contribution is 7.07. The molecule has 14 nitrogen and oxygen atoms in total. The van der Waals surface area contributed by atoms with Gasteiger partial charge in [0.2, 0.25) is 5.75 Å². The fourth-order valence-electron chi connectivity index (χ4n) is 5.00. The Kier molecular flexibility index (Phi) is 9.46. The molecule has 0 bridgehead atoms. The van der Waals surface area contributed by atoms with Gasteiger partial charge in [0.15, 0.2) is 16.3 Å². The number of nitro benzene ring substituents is 2. The minimum atomic E-state index is -0.856. The monoisotopic (exact) mass is 660 g/mol. The highest BCUT2D eigenvalue weighted by atomic mass is 32.1. The van der Waals surface area contributed by atoms with E-state index in [0.717, 1.165) is 29.5 Å². The molecule has 1 atom stereocenters. The van der Waals surface area contributed by atoms with E-state index in [4.69, 9.17) is 18.9 Å². The number of aromatic nitrogens is 1. The Bertz CT molecular complexity index is 2100. The van der Waals surface area contributed by atoms with Crippen molar-refractivity contribution in [2.24, 2.45) is 4.99 Å². The first kappa shape index (κ1) is 32.6. The van der Waals surface area contributed by atoms with Gasteiger partial charge in [0, 0.05) is 6.07 Å².